The van der Waals surface area contributed by atoms with Crippen molar-refractivity contribution in [1.82, 2.24) is 0 Å². The Kier molecular flexibility index (Phi) is 7.77. The summed E-state index contributed by atoms with van der Waals surface area (Å²) in [6.07, 6.45) is -2.98. The molecule has 4 aromatic carbocycles. The summed E-state index contributed by atoms with van der Waals surface area (Å²) in [5.74, 6) is -0.881. The van der Waals surface area contributed by atoms with E-state index in [9.17, 15) is 17.6 Å². The molecular formula is C29H25F5O2. The first kappa shape index (κ1) is 25.5. The molecule has 0 bridgehead atoms. The van der Waals surface area contributed by atoms with E-state index in [2.05, 4.69) is 4.74 Å². The molecule has 0 aromatic heterocycles. The van der Waals surface area contributed by atoms with Gasteiger partial charge in [-0.1, -0.05) is 49.4 Å². The monoisotopic (exact) mass is 500 g/mol. The highest BCUT2D eigenvalue weighted by Crippen LogP contribution is 2.29. The lowest BCUT2D eigenvalue weighted by atomic mass is 9.97. The molecule has 0 fully saturated rings. The zero-order chi connectivity index (χ0) is 25.7. The van der Waals surface area contributed by atoms with Crippen LogP contribution in [0.2, 0.25) is 0 Å². The van der Waals surface area contributed by atoms with Crippen molar-refractivity contribution < 1.29 is 31.4 Å². The van der Waals surface area contributed by atoms with Crippen LogP contribution < -0.4 is 9.47 Å². The molecule has 0 heterocycles. The standard InChI is InChI=1S/C29H25F5O2/c1-2-15-35-24-11-8-20(9-12-24)22-10-13-25-23(17-22)7-6-21(28(25)31)5-3-19-4-14-27(26(30)16-19)36-18-29(32,33)34/h4,6-14,16-17H,2-3,5,15,18H2,1H3. The average Bonchev–Trinajstić information content (AvgIpc) is 2.86. The molecule has 0 radical (unpaired) electrons. The van der Waals surface area contributed by atoms with Gasteiger partial charge < -0.3 is 9.47 Å². The van der Waals surface area contributed by atoms with Gasteiger partial charge >= 0.3 is 6.18 Å². The summed E-state index contributed by atoms with van der Waals surface area (Å²) in [6, 6.07) is 20.6. The van der Waals surface area contributed by atoms with Crippen LogP contribution in [0.25, 0.3) is 21.9 Å². The summed E-state index contributed by atoms with van der Waals surface area (Å²) < 4.78 is 76.3. The Labute approximate surface area is 206 Å². The third-order valence-electron chi connectivity index (χ3n) is 5.77. The van der Waals surface area contributed by atoms with E-state index in [1.165, 1.54) is 6.07 Å². The zero-order valence-corrected chi connectivity index (χ0v) is 19.7. The van der Waals surface area contributed by atoms with Crippen molar-refractivity contribution in [2.75, 3.05) is 13.2 Å². The molecule has 2 nitrogen and oxygen atoms in total. The number of ether oxygens (including phenoxy) is 2. The van der Waals surface area contributed by atoms with Gasteiger partial charge in [-0.2, -0.15) is 13.2 Å². The number of aryl methyl sites for hydroxylation is 2. The number of alkyl halides is 3. The minimum atomic E-state index is -4.55. The van der Waals surface area contributed by atoms with E-state index in [0.29, 0.717) is 36.0 Å². The highest BCUT2D eigenvalue weighted by atomic mass is 19.4. The Balaban J connectivity index is 1.45. The molecule has 0 saturated heterocycles. The number of benzene rings is 4. The predicted octanol–water partition coefficient (Wildman–Crippen LogP) is 8.30. The Hall–Kier alpha value is -3.61. The Morgan fingerprint density at radius 1 is 0.750 bits per heavy atom. The first-order chi connectivity index (χ1) is 17.2. The van der Waals surface area contributed by atoms with E-state index in [4.69, 9.17) is 4.74 Å². The largest absolute Gasteiger partial charge is 0.494 e. The van der Waals surface area contributed by atoms with E-state index < -0.39 is 24.3 Å². The first-order valence-electron chi connectivity index (χ1n) is 11.7. The third-order valence-corrected chi connectivity index (χ3v) is 5.77. The average molecular weight is 501 g/mol. The van der Waals surface area contributed by atoms with E-state index in [1.54, 1.807) is 12.1 Å². The van der Waals surface area contributed by atoms with Crippen LogP contribution in [-0.2, 0) is 12.8 Å². The number of rotatable bonds is 9. The molecule has 0 amide bonds. The minimum Gasteiger partial charge on any atom is -0.494 e. The van der Waals surface area contributed by atoms with Crippen molar-refractivity contribution in [1.29, 1.82) is 0 Å². The number of fused-ring (bicyclic) bond motifs is 1. The second-order valence-corrected chi connectivity index (χ2v) is 8.52. The van der Waals surface area contributed by atoms with Gasteiger partial charge in [0.2, 0.25) is 0 Å². The maximum Gasteiger partial charge on any atom is 0.422 e. The molecule has 36 heavy (non-hydrogen) atoms. The van der Waals surface area contributed by atoms with Crippen LogP contribution in [-0.4, -0.2) is 19.4 Å². The fourth-order valence-electron chi connectivity index (χ4n) is 3.93. The van der Waals surface area contributed by atoms with Gasteiger partial charge in [0, 0.05) is 5.39 Å². The second kappa shape index (κ2) is 11.0. The zero-order valence-electron chi connectivity index (χ0n) is 19.7. The van der Waals surface area contributed by atoms with Crippen molar-refractivity contribution in [3.8, 4) is 22.6 Å². The van der Waals surface area contributed by atoms with Gasteiger partial charge in [0.15, 0.2) is 18.2 Å². The van der Waals surface area contributed by atoms with Gasteiger partial charge in [0.05, 0.1) is 6.61 Å². The summed E-state index contributed by atoms with van der Waals surface area (Å²) in [5, 5.41) is 1.25. The molecule has 0 N–H and O–H groups in total. The Morgan fingerprint density at radius 3 is 2.19 bits per heavy atom. The van der Waals surface area contributed by atoms with Crippen LogP contribution in [0.15, 0.2) is 72.8 Å². The van der Waals surface area contributed by atoms with Gasteiger partial charge in [-0.3, -0.25) is 0 Å². The molecule has 4 rings (SSSR count). The van der Waals surface area contributed by atoms with E-state index in [-0.39, 0.29) is 5.82 Å². The van der Waals surface area contributed by atoms with Crippen LogP contribution in [0.3, 0.4) is 0 Å². The molecule has 0 saturated carbocycles. The summed E-state index contributed by atoms with van der Waals surface area (Å²) in [6.45, 7) is 1.14. The minimum absolute atomic E-state index is 0.310. The van der Waals surface area contributed by atoms with Gasteiger partial charge in [-0.15, -0.1) is 0 Å². The van der Waals surface area contributed by atoms with Crippen molar-refractivity contribution >= 4 is 10.8 Å². The lowest BCUT2D eigenvalue weighted by Gasteiger charge is -2.11. The Bertz CT molecular complexity index is 1330. The summed E-state index contributed by atoms with van der Waals surface area (Å²) in [4.78, 5) is 0. The fraction of sp³-hybridized carbons (Fsp3) is 0.241. The molecule has 0 aliphatic heterocycles. The quantitative estimate of drug-likeness (QED) is 0.215. The summed E-state index contributed by atoms with van der Waals surface area (Å²) in [7, 11) is 0. The van der Waals surface area contributed by atoms with Crippen LogP contribution in [0.5, 0.6) is 11.5 Å². The molecule has 0 spiro atoms. The smallest absolute Gasteiger partial charge is 0.422 e. The molecule has 188 valence electrons. The number of halogens is 5. The molecule has 0 unspecified atom stereocenters. The number of hydrogen-bond acceptors (Lipinski definition) is 2. The Morgan fingerprint density at radius 2 is 1.50 bits per heavy atom. The van der Waals surface area contributed by atoms with E-state index in [1.807, 2.05) is 49.4 Å². The van der Waals surface area contributed by atoms with Crippen LogP contribution in [0.1, 0.15) is 24.5 Å². The first-order valence-corrected chi connectivity index (χ1v) is 11.7. The normalized spacial score (nSPS) is 11.6. The van der Waals surface area contributed by atoms with Gasteiger partial charge in [0.25, 0.3) is 0 Å². The highest BCUT2D eigenvalue weighted by Gasteiger charge is 2.29. The van der Waals surface area contributed by atoms with Gasteiger partial charge in [0.1, 0.15) is 11.6 Å². The second-order valence-electron chi connectivity index (χ2n) is 8.52. The highest BCUT2D eigenvalue weighted by molar-refractivity contribution is 5.88. The van der Waals surface area contributed by atoms with Crippen LogP contribution in [0.4, 0.5) is 22.0 Å². The summed E-state index contributed by atoms with van der Waals surface area (Å²) in [5.41, 5.74) is 2.97. The number of hydrogen-bond donors (Lipinski definition) is 0. The fourth-order valence-corrected chi connectivity index (χ4v) is 3.93. The summed E-state index contributed by atoms with van der Waals surface area (Å²) >= 11 is 0. The SMILES string of the molecule is CCCOc1ccc(-c2ccc3c(F)c(CCc4ccc(OCC(F)(F)F)c(F)c4)ccc3c2)cc1. The lowest BCUT2D eigenvalue weighted by Crippen LogP contribution is -2.19. The predicted molar refractivity (Wildman–Crippen MR) is 130 cm³/mol. The van der Waals surface area contributed by atoms with Crippen molar-refractivity contribution in [3.05, 3.63) is 95.6 Å². The van der Waals surface area contributed by atoms with Crippen LogP contribution >= 0.6 is 0 Å². The molecular weight excluding hydrogens is 475 g/mol. The van der Waals surface area contributed by atoms with E-state index in [0.717, 1.165) is 40.8 Å². The molecule has 0 aliphatic carbocycles. The topological polar surface area (TPSA) is 18.5 Å². The molecule has 4 aromatic rings. The van der Waals surface area contributed by atoms with Crippen molar-refractivity contribution in [2.45, 2.75) is 32.4 Å². The van der Waals surface area contributed by atoms with Gasteiger partial charge in [-0.05, 0) is 77.2 Å². The molecule has 7 heteroatoms. The van der Waals surface area contributed by atoms with Crippen LogP contribution in [0, 0.1) is 11.6 Å². The lowest BCUT2D eigenvalue weighted by molar-refractivity contribution is -0.153. The third kappa shape index (κ3) is 6.33. The van der Waals surface area contributed by atoms with Gasteiger partial charge in [-0.25, -0.2) is 8.78 Å². The van der Waals surface area contributed by atoms with E-state index >= 15 is 4.39 Å². The van der Waals surface area contributed by atoms with Crippen molar-refractivity contribution in [3.63, 3.8) is 0 Å². The maximum atomic E-state index is 15.2. The maximum absolute atomic E-state index is 15.2. The molecule has 0 aliphatic rings. The van der Waals surface area contributed by atoms with Crippen molar-refractivity contribution in [2.24, 2.45) is 0 Å². The molecule has 0 atom stereocenters.